The standard InChI is InChI=1S/C18H22BF2N3O3/c1-11-8-14(24-12-6-7-15(23-9-12)25-16(20)21)22-10-13(11)19-26-17(2,3)18(4,5)27-19/h6-10,16H,1-5H3,(H,22,24). The average molecular weight is 377 g/mol. The van der Waals surface area contributed by atoms with Crippen molar-refractivity contribution in [2.45, 2.75) is 52.4 Å². The second-order valence-electron chi connectivity index (χ2n) is 7.40. The third-order valence-corrected chi connectivity index (χ3v) is 4.88. The van der Waals surface area contributed by atoms with Crippen LogP contribution in [0.25, 0.3) is 0 Å². The minimum Gasteiger partial charge on any atom is -0.417 e. The van der Waals surface area contributed by atoms with Crippen molar-refractivity contribution in [3.63, 3.8) is 0 Å². The topological polar surface area (TPSA) is 65.5 Å². The molecule has 0 amide bonds. The predicted molar refractivity (Wildman–Crippen MR) is 98.8 cm³/mol. The van der Waals surface area contributed by atoms with Gasteiger partial charge in [0.05, 0.1) is 23.1 Å². The highest BCUT2D eigenvalue weighted by molar-refractivity contribution is 6.62. The van der Waals surface area contributed by atoms with Crippen LogP contribution in [-0.2, 0) is 9.31 Å². The summed E-state index contributed by atoms with van der Waals surface area (Å²) in [5.74, 6) is 0.452. The van der Waals surface area contributed by atoms with Crippen molar-refractivity contribution in [1.82, 2.24) is 9.97 Å². The van der Waals surface area contributed by atoms with Gasteiger partial charge in [-0.15, -0.1) is 0 Å². The number of pyridine rings is 2. The molecule has 9 heteroatoms. The van der Waals surface area contributed by atoms with Crippen LogP contribution < -0.4 is 15.5 Å². The Hall–Kier alpha value is -2.26. The zero-order valence-electron chi connectivity index (χ0n) is 15.9. The van der Waals surface area contributed by atoms with Gasteiger partial charge in [0, 0.05) is 17.7 Å². The quantitative estimate of drug-likeness (QED) is 0.806. The zero-order chi connectivity index (χ0) is 19.8. The van der Waals surface area contributed by atoms with Crippen LogP contribution in [0.3, 0.4) is 0 Å². The summed E-state index contributed by atoms with van der Waals surface area (Å²) in [6.45, 7) is 7.05. The van der Waals surface area contributed by atoms with E-state index in [1.165, 1.54) is 12.3 Å². The van der Waals surface area contributed by atoms with E-state index in [2.05, 4.69) is 20.0 Å². The maximum absolute atomic E-state index is 12.2. The van der Waals surface area contributed by atoms with Crippen LogP contribution in [0.4, 0.5) is 20.3 Å². The van der Waals surface area contributed by atoms with Crippen molar-refractivity contribution in [2.75, 3.05) is 5.32 Å². The molecular weight excluding hydrogens is 355 g/mol. The number of aromatic nitrogens is 2. The van der Waals surface area contributed by atoms with Crippen molar-refractivity contribution in [2.24, 2.45) is 0 Å². The summed E-state index contributed by atoms with van der Waals surface area (Å²) in [5, 5.41) is 3.08. The third kappa shape index (κ3) is 4.19. The van der Waals surface area contributed by atoms with Gasteiger partial charge in [0.2, 0.25) is 5.88 Å². The van der Waals surface area contributed by atoms with E-state index in [9.17, 15) is 8.78 Å². The largest absolute Gasteiger partial charge is 0.496 e. The molecule has 0 aromatic carbocycles. The van der Waals surface area contributed by atoms with Crippen molar-refractivity contribution in [1.29, 1.82) is 0 Å². The maximum Gasteiger partial charge on any atom is 0.496 e. The number of nitrogens with one attached hydrogen (secondary N) is 1. The zero-order valence-corrected chi connectivity index (χ0v) is 15.9. The van der Waals surface area contributed by atoms with Crippen molar-refractivity contribution < 1.29 is 22.8 Å². The lowest BCUT2D eigenvalue weighted by Crippen LogP contribution is -2.41. The second kappa shape index (κ2) is 7.05. The summed E-state index contributed by atoms with van der Waals surface area (Å²) in [6, 6.07) is 4.81. The van der Waals surface area contributed by atoms with E-state index in [0.29, 0.717) is 11.5 Å². The van der Waals surface area contributed by atoms with E-state index < -0.39 is 24.9 Å². The monoisotopic (exact) mass is 377 g/mol. The molecule has 0 bridgehead atoms. The highest BCUT2D eigenvalue weighted by Gasteiger charge is 2.52. The first kappa shape index (κ1) is 19.5. The number of alkyl halides is 2. The van der Waals surface area contributed by atoms with Crippen LogP contribution in [0.15, 0.2) is 30.6 Å². The molecule has 1 N–H and O–H groups in total. The Morgan fingerprint density at radius 2 is 1.74 bits per heavy atom. The van der Waals surface area contributed by atoms with Crippen molar-refractivity contribution in [3.8, 4) is 5.88 Å². The lowest BCUT2D eigenvalue weighted by Gasteiger charge is -2.32. The molecule has 2 aromatic rings. The van der Waals surface area contributed by atoms with E-state index in [4.69, 9.17) is 9.31 Å². The molecule has 3 heterocycles. The molecule has 2 aromatic heterocycles. The smallest absolute Gasteiger partial charge is 0.417 e. The SMILES string of the molecule is Cc1cc(Nc2ccc(OC(F)F)nc2)ncc1B1OC(C)(C)C(C)(C)O1. The molecule has 3 rings (SSSR count). The van der Waals surface area contributed by atoms with Gasteiger partial charge < -0.3 is 19.4 Å². The number of nitrogens with zero attached hydrogens (tertiary/aromatic N) is 2. The summed E-state index contributed by atoms with van der Waals surface area (Å²) in [6.07, 6.45) is 3.11. The maximum atomic E-state index is 12.2. The molecule has 0 radical (unpaired) electrons. The lowest BCUT2D eigenvalue weighted by atomic mass is 9.77. The van der Waals surface area contributed by atoms with Gasteiger partial charge in [0.1, 0.15) is 5.82 Å². The van der Waals surface area contributed by atoms with Crippen LogP contribution in [0, 0.1) is 6.92 Å². The molecule has 0 aliphatic carbocycles. The molecule has 1 aliphatic rings. The van der Waals surface area contributed by atoms with Crippen molar-refractivity contribution in [3.05, 3.63) is 36.2 Å². The van der Waals surface area contributed by atoms with Crippen molar-refractivity contribution >= 4 is 24.1 Å². The van der Waals surface area contributed by atoms with Gasteiger partial charge in [-0.05, 0) is 52.3 Å². The van der Waals surface area contributed by atoms with Gasteiger partial charge in [-0.1, -0.05) is 0 Å². The Labute approximate surface area is 157 Å². The number of aryl methyl sites for hydroxylation is 1. The number of ether oxygens (including phenoxy) is 1. The summed E-state index contributed by atoms with van der Waals surface area (Å²) in [5.41, 5.74) is 1.57. The Balaban J connectivity index is 1.72. The number of hydrogen-bond donors (Lipinski definition) is 1. The lowest BCUT2D eigenvalue weighted by molar-refractivity contribution is -0.0528. The summed E-state index contributed by atoms with van der Waals surface area (Å²) in [4.78, 5) is 8.21. The molecular formula is C18H22BF2N3O3. The van der Waals surface area contributed by atoms with E-state index in [-0.39, 0.29) is 5.88 Å². The number of rotatable bonds is 5. The minimum absolute atomic E-state index is 0.143. The van der Waals surface area contributed by atoms with Gasteiger partial charge in [-0.3, -0.25) is 0 Å². The summed E-state index contributed by atoms with van der Waals surface area (Å²) >= 11 is 0. The first-order chi connectivity index (χ1) is 12.6. The number of halogens is 2. The van der Waals surface area contributed by atoms with E-state index >= 15 is 0 Å². The third-order valence-electron chi connectivity index (χ3n) is 4.88. The minimum atomic E-state index is -2.90. The molecule has 1 saturated heterocycles. The Morgan fingerprint density at radius 1 is 1.07 bits per heavy atom. The van der Waals surface area contributed by atoms with Crippen LogP contribution in [0.1, 0.15) is 33.3 Å². The van der Waals surface area contributed by atoms with Crippen LogP contribution >= 0.6 is 0 Å². The molecule has 144 valence electrons. The molecule has 0 unspecified atom stereocenters. The Bertz CT molecular complexity index is 800. The highest BCUT2D eigenvalue weighted by atomic mass is 19.3. The molecule has 1 aliphatic heterocycles. The molecule has 1 fully saturated rings. The first-order valence-corrected chi connectivity index (χ1v) is 8.57. The summed E-state index contributed by atoms with van der Waals surface area (Å²) < 4.78 is 40.7. The number of anilines is 2. The number of hydrogen-bond acceptors (Lipinski definition) is 6. The van der Waals surface area contributed by atoms with E-state index in [0.717, 1.165) is 11.0 Å². The fourth-order valence-corrected chi connectivity index (χ4v) is 2.61. The fraction of sp³-hybridized carbons (Fsp3) is 0.444. The Kier molecular flexibility index (Phi) is 5.09. The van der Waals surface area contributed by atoms with E-state index in [1.807, 2.05) is 40.7 Å². The van der Waals surface area contributed by atoms with Crippen LogP contribution in [0.2, 0.25) is 0 Å². The predicted octanol–water partition coefficient (Wildman–Crippen LogP) is 3.43. The second-order valence-corrected chi connectivity index (χ2v) is 7.40. The fourth-order valence-electron chi connectivity index (χ4n) is 2.61. The highest BCUT2D eigenvalue weighted by Crippen LogP contribution is 2.36. The van der Waals surface area contributed by atoms with Crippen LogP contribution in [-0.4, -0.2) is 34.9 Å². The molecule has 27 heavy (non-hydrogen) atoms. The summed E-state index contributed by atoms with van der Waals surface area (Å²) in [7, 11) is -0.482. The normalized spacial score (nSPS) is 18.0. The first-order valence-electron chi connectivity index (χ1n) is 8.57. The molecule has 6 nitrogen and oxygen atoms in total. The molecule has 0 spiro atoms. The van der Waals surface area contributed by atoms with Crippen LogP contribution in [0.5, 0.6) is 5.88 Å². The van der Waals surface area contributed by atoms with Gasteiger partial charge >= 0.3 is 13.7 Å². The van der Waals surface area contributed by atoms with Gasteiger partial charge in [0.25, 0.3) is 0 Å². The van der Waals surface area contributed by atoms with Gasteiger partial charge in [-0.2, -0.15) is 8.78 Å². The van der Waals surface area contributed by atoms with E-state index in [1.54, 1.807) is 12.3 Å². The van der Waals surface area contributed by atoms with Gasteiger partial charge in [-0.25, -0.2) is 9.97 Å². The molecule has 0 atom stereocenters. The molecule has 0 saturated carbocycles. The average Bonchev–Trinajstić information content (AvgIpc) is 2.76. The van der Waals surface area contributed by atoms with Gasteiger partial charge in [0.15, 0.2) is 0 Å². The Morgan fingerprint density at radius 3 is 2.26 bits per heavy atom.